The number of H-pyrrole nitrogens is 1. The predicted octanol–water partition coefficient (Wildman–Crippen LogP) is 1.46. The molecular formula is C15H19N5. The monoisotopic (exact) mass is 269 g/mol. The van der Waals surface area contributed by atoms with Gasteiger partial charge in [-0.1, -0.05) is 19.1 Å². The van der Waals surface area contributed by atoms with E-state index in [0.717, 1.165) is 43.0 Å². The summed E-state index contributed by atoms with van der Waals surface area (Å²) in [5, 5.41) is 13.0. The van der Waals surface area contributed by atoms with Gasteiger partial charge in [0.15, 0.2) is 0 Å². The van der Waals surface area contributed by atoms with Crippen LogP contribution in [0.2, 0.25) is 0 Å². The van der Waals surface area contributed by atoms with Crippen molar-refractivity contribution in [2.45, 2.75) is 18.9 Å². The molecule has 0 spiro atoms. The lowest BCUT2D eigenvalue weighted by Gasteiger charge is -2.37. The highest BCUT2D eigenvalue weighted by Crippen LogP contribution is 2.24. The third-order valence-corrected chi connectivity index (χ3v) is 4.03. The van der Waals surface area contributed by atoms with Crippen molar-refractivity contribution < 1.29 is 0 Å². The minimum atomic E-state index is -0.227. The van der Waals surface area contributed by atoms with E-state index < -0.39 is 0 Å². The van der Waals surface area contributed by atoms with Gasteiger partial charge in [-0.05, 0) is 18.7 Å². The molecule has 0 bridgehead atoms. The molecule has 1 aliphatic heterocycles. The van der Waals surface area contributed by atoms with Gasteiger partial charge in [-0.15, -0.1) is 0 Å². The summed E-state index contributed by atoms with van der Waals surface area (Å²) in [6, 6.07) is 10.5. The van der Waals surface area contributed by atoms with Gasteiger partial charge >= 0.3 is 0 Å². The van der Waals surface area contributed by atoms with Crippen LogP contribution >= 0.6 is 0 Å². The molecule has 20 heavy (non-hydrogen) atoms. The van der Waals surface area contributed by atoms with Gasteiger partial charge in [0.05, 0.1) is 17.1 Å². The average Bonchev–Trinajstić information content (AvgIpc) is 2.92. The fourth-order valence-corrected chi connectivity index (χ4v) is 2.94. The maximum absolute atomic E-state index is 9.61. The SMILES string of the molecule is CCN1CCNCC1C(C#N)c1nc2ccccc2[nH]1. The molecule has 2 N–H and O–H groups in total. The van der Waals surface area contributed by atoms with Gasteiger partial charge < -0.3 is 10.3 Å². The van der Waals surface area contributed by atoms with Crippen LogP contribution in [0.4, 0.5) is 0 Å². The molecule has 2 unspecified atom stereocenters. The van der Waals surface area contributed by atoms with Crippen molar-refractivity contribution in [3.8, 4) is 6.07 Å². The first-order chi connectivity index (χ1) is 9.83. The third-order valence-electron chi connectivity index (χ3n) is 4.03. The molecule has 0 aliphatic carbocycles. The first-order valence-corrected chi connectivity index (χ1v) is 7.12. The summed E-state index contributed by atoms with van der Waals surface area (Å²) in [6.45, 7) is 5.92. The van der Waals surface area contributed by atoms with E-state index in [-0.39, 0.29) is 12.0 Å². The Morgan fingerprint density at radius 2 is 2.35 bits per heavy atom. The number of hydrogen-bond acceptors (Lipinski definition) is 4. The van der Waals surface area contributed by atoms with Gasteiger partial charge in [-0.2, -0.15) is 5.26 Å². The van der Waals surface area contributed by atoms with E-state index in [0.29, 0.717) is 0 Å². The molecule has 1 aliphatic rings. The van der Waals surface area contributed by atoms with Gasteiger partial charge in [0.1, 0.15) is 11.7 Å². The number of nitrogens with zero attached hydrogens (tertiary/aromatic N) is 3. The van der Waals surface area contributed by atoms with Crippen LogP contribution in [-0.4, -0.2) is 47.1 Å². The Morgan fingerprint density at radius 3 is 3.10 bits per heavy atom. The highest BCUT2D eigenvalue weighted by molar-refractivity contribution is 5.75. The van der Waals surface area contributed by atoms with Gasteiger partial charge in [-0.25, -0.2) is 4.98 Å². The standard InChI is InChI=1S/C15H19N5/c1-2-20-8-7-17-10-14(20)11(9-16)15-18-12-5-3-4-6-13(12)19-15/h3-6,11,14,17H,2,7-8,10H2,1H3,(H,18,19). The van der Waals surface area contributed by atoms with Crippen LogP contribution in [0.1, 0.15) is 18.7 Å². The van der Waals surface area contributed by atoms with Crippen LogP contribution in [-0.2, 0) is 0 Å². The van der Waals surface area contributed by atoms with Crippen LogP contribution in [0.3, 0.4) is 0 Å². The van der Waals surface area contributed by atoms with Crippen LogP contribution in [0, 0.1) is 11.3 Å². The molecule has 0 saturated carbocycles. The molecule has 1 aromatic carbocycles. The zero-order valence-corrected chi connectivity index (χ0v) is 11.6. The van der Waals surface area contributed by atoms with Crippen molar-refractivity contribution in [3.63, 3.8) is 0 Å². The summed E-state index contributed by atoms with van der Waals surface area (Å²) >= 11 is 0. The van der Waals surface area contributed by atoms with Crippen molar-refractivity contribution >= 4 is 11.0 Å². The maximum atomic E-state index is 9.61. The Balaban J connectivity index is 1.94. The number of aromatic amines is 1. The minimum Gasteiger partial charge on any atom is -0.341 e. The molecule has 3 rings (SSSR count). The molecule has 1 saturated heterocycles. The minimum absolute atomic E-state index is 0.180. The number of benzene rings is 1. The summed E-state index contributed by atoms with van der Waals surface area (Å²) < 4.78 is 0. The van der Waals surface area contributed by atoms with Gasteiger partial charge in [0, 0.05) is 25.7 Å². The fraction of sp³-hybridized carbons (Fsp3) is 0.467. The zero-order valence-electron chi connectivity index (χ0n) is 11.6. The third kappa shape index (κ3) is 2.28. The molecule has 1 aromatic heterocycles. The van der Waals surface area contributed by atoms with Crippen molar-refractivity contribution in [3.05, 3.63) is 30.1 Å². The summed E-state index contributed by atoms with van der Waals surface area (Å²) in [5.74, 6) is 0.552. The first-order valence-electron chi connectivity index (χ1n) is 7.12. The summed E-state index contributed by atoms with van der Waals surface area (Å²) in [7, 11) is 0. The van der Waals surface area contributed by atoms with Crippen LogP contribution in [0.25, 0.3) is 11.0 Å². The van der Waals surface area contributed by atoms with Crippen molar-refractivity contribution in [2.24, 2.45) is 0 Å². The largest absolute Gasteiger partial charge is 0.341 e. The number of fused-ring (bicyclic) bond motifs is 1. The molecule has 1 fully saturated rings. The molecule has 5 heteroatoms. The quantitative estimate of drug-likeness (QED) is 0.885. The van der Waals surface area contributed by atoms with E-state index in [9.17, 15) is 5.26 Å². The van der Waals surface area contributed by atoms with Crippen molar-refractivity contribution in [2.75, 3.05) is 26.2 Å². The molecule has 104 valence electrons. The normalized spacial score (nSPS) is 21.7. The van der Waals surface area contributed by atoms with Gasteiger partial charge in [0.25, 0.3) is 0 Å². The number of piperazine rings is 1. The summed E-state index contributed by atoms with van der Waals surface area (Å²) in [5.41, 5.74) is 1.92. The topological polar surface area (TPSA) is 67.7 Å². The smallest absolute Gasteiger partial charge is 0.126 e. The Labute approximate surface area is 118 Å². The number of rotatable bonds is 3. The van der Waals surface area contributed by atoms with Crippen molar-refractivity contribution in [1.82, 2.24) is 20.2 Å². The molecule has 0 amide bonds. The highest BCUT2D eigenvalue weighted by atomic mass is 15.2. The molecule has 2 atom stereocenters. The molecule has 5 nitrogen and oxygen atoms in total. The average molecular weight is 269 g/mol. The van der Waals surface area contributed by atoms with E-state index in [1.165, 1.54) is 0 Å². The molecule has 2 aromatic rings. The van der Waals surface area contributed by atoms with E-state index >= 15 is 0 Å². The van der Waals surface area contributed by atoms with E-state index in [4.69, 9.17) is 0 Å². The second-order valence-electron chi connectivity index (χ2n) is 5.15. The van der Waals surface area contributed by atoms with E-state index in [2.05, 4.69) is 33.2 Å². The second kappa shape index (κ2) is 5.61. The summed E-state index contributed by atoms with van der Waals surface area (Å²) in [6.07, 6.45) is 0. The van der Waals surface area contributed by atoms with E-state index in [1.54, 1.807) is 0 Å². The lowest BCUT2D eigenvalue weighted by atomic mass is 9.97. The van der Waals surface area contributed by atoms with Crippen molar-refractivity contribution in [1.29, 1.82) is 5.26 Å². The zero-order chi connectivity index (χ0) is 13.9. The lowest BCUT2D eigenvalue weighted by molar-refractivity contribution is 0.157. The van der Waals surface area contributed by atoms with Gasteiger partial charge in [-0.3, -0.25) is 4.90 Å². The number of para-hydroxylation sites is 2. The second-order valence-corrected chi connectivity index (χ2v) is 5.15. The fourth-order valence-electron chi connectivity index (χ4n) is 2.94. The first kappa shape index (κ1) is 13.1. The lowest BCUT2D eigenvalue weighted by Crippen LogP contribution is -2.53. The molecular weight excluding hydrogens is 250 g/mol. The number of aromatic nitrogens is 2. The van der Waals surface area contributed by atoms with Crippen LogP contribution in [0.15, 0.2) is 24.3 Å². The number of likely N-dealkylation sites (N-methyl/N-ethyl adjacent to an activating group) is 1. The van der Waals surface area contributed by atoms with Crippen LogP contribution in [0.5, 0.6) is 0 Å². The Bertz CT molecular complexity index is 593. The molecule has 2 heterocycles. The Morgan fingerprint density at radius 1 is 1.50 bits per heavy atom. The number of hydrogen-bond donors (Lipinski definition) is 2. The summed E-state index contributed by atoms with van der Waals surface area (Å²) in [4.78, 5) is 10.3. The Kier molecular flexibility index (Phi) is 3.68. The van der Waals surface area contributed by atoms with E-state index in [1.807, 2.05) is 24.3 Å². The number of imidazole rings is 1. The predicted molar refractivity (Wildman–Crippen MR) is 78.4 cm³/mol. The molecule has 0 radical (unpaired) electrons. The highest BCUT2D eigenvalue weighted by Gasteiger charge is 2.32. The van der Waals surface area contributed by atoms with Gasteiger partial charge in [0.2, 0.25) is 0 Å². The van der Waals surface area contributed by atoms with Crippen LogP contribution < -0.4 is 5.32 Å². The number of nitriles is 1. The number of nitrogens with one attached hydrogen (secondary N) is 2. The Hall–Kier alpha value is -1.90. The maximum Gasteiger partial charge on any atom is 0.126 e.